The first-order valence-electron chi connectivity index (χ1n) is 8.57. The summed E-state index contributed by atoms with van der Waals surface area (Å²) in [5, 5.41) is 22.4. The number of hydrogen-bond donors (Lipinski definition) is 2. The van der Waals surface area contributed by atoms with Gasteiger partial charge in [0, 0.05) is 5.56 Å². The molecule has 4 saturated carbocycles. The molecule has 2 heteroatoms. The molecule has 4 bridgehead atoms. The highest BCUT2D eigenvalue weighted by molar-refractivity contribution is 5.86. The fourth-order valence-corrected chi connectivity index (χ4v) is 6.14. The Bertz CT molecular complexity index is 726. The van der Waals surface area contributed by atoms with E-state index >= 15 is 0 Å². The van der Waals surface area contributed by atoms with Crippen LogP contribution in [-0.2, 0) is 5.41 Å². The average molecular weight is 294 g/mol. The van der Waals surface area contributed by atoms with Crippen molar-refractivity contribution in [1.82, 2.24) is 0 Å². The average Bonchev–Trinajstić information content (AvgIpc) is 2.44. The van der Waals surface area contributed by atoms with Crippen molar-refractivity contribution in [3.63, 3.8) is 0 Å². The summed E-state index contributed by atoms with van der Waals surface area (Å²) in [7, 11) is 0. The van der Waals surface area contributed by atoms with Crippen LogP contribution in [0.25, 0.3) is 10.8 Å². The van der Waals surface area contributed by atoms with Crippen molar-refractivity contribution < 1.29 is 10.2 Å². The molecule has 0 aliphatic heterocycles. The summed E-state index contributed by atoms with van der Waals surface area (Å²) in [5.41, 5.74) is 1.38. The van der Waals surface area contributed by atoms with Crippen LogP contribution < -0.4 is 0 Å². The third-order valence-corrected chi connectivity index (χ3v) is 6.55. The van der Waals surface area contributed by atoms with Gasteiger partial charge in [0.1, 0.15) is 11.5 Å². The molecule has 4 fully saturated rings. The Morgan fingerprint density at radius 2 is 1.41 bits per heavy atom. The Balaban J connectivity index is 1.67. The van der Waals surface area contributed by atoms with Crippen molar-refractivity contribution in [1.29, 1.82) is 0 Å². The molecule has 4 aliphatic carbocycles. The van der Waals surface area contributed by atoms with Gasteiger partial charge < -0.3 is 10.2 Å². The zero-order valence-corrected chi connectivity index (χ0v) is 12.8. The highest BCUT2D eigenvalue weighted by Crippen LogP contribution is 2.62. The van der Waals surface area contributed by atoms with Gasteiger partial charge in [0.25, 0.3) is 0 Å². The lowest BCUT2D eigenvalue weighted by molar-refractivity contribution is -0.00606. The van der Waals surface area contributed by atoms with Crippen LogP contribution in [0.4, 0.5) is 0 Å². The molecule has 0 aromatic heterocycles. The van der Waals surface area contributed by atoms with Gasteiger partial charge in [-0.15, -0.1) is 0 Å². The standard InChI is InChI=1S/C20H22O2/c21-17-2-1-15-7-18(19(22)8-16(15)6-17)20-9-12-3-13(10-20)5-14(4-12)11-20/h1-2,6-8,12-14,21-22H,3-5,9-11H2. The van der Waals surface area contributed by atoms with Crippen molar-refractivity contribution in [2.75, 3.05) is 0 Å². The Morgan fingerprint density at radius 3 is 2.05 bits per heavy atom. The molecule has 2 nitrogen and oxygen atoms in total. The molecular weight excluding hydrogens is 272 g/mol. The third kappa shape index (κ3) is 1.73. The fourth-order valence-electron chi connectivity index (χ4n) is 6.14. The van der Waals surface area contributed by atoms with Gasteiger partial charge in [-0.3, -0.25) is 0 Å². The van der Waals surface area contributed by atoms with Crippen LogP contribution >= 0.6 is 0 Å². The molecule has 0 radical (unpaired) electrons. The maximum atomic E-state index is 10.7. The Morgan fingerprint density at radius 1 is 0.773 bits per heavy atom. The maximum absolute atomic E-state index is 10.7. The highest BCUT2D eigenvalue weighted by Gasteiger charge is 2.52. The molecule has 2 aromatic rings. The van der Waals surface area contributed by atoms with Gasteiger partial charge in [-0.1, -0.05) is 6.07 Å². The van der Waals surface area contributed by atoms with E-state index in [9.17, 15) is 10.2 Å². The number of hydrogen-bond acceptors (Lipinski definition) is 2. The van der Waals surface area contributed by atoms with Crippen molar-refractivity contribution in [2.24, 2.45) is 17.8 Å². The molecule has 0 heterocycles. The fraction of sp³-hybridized carbons (Fsp3) is 0.500. The first-order valence-corrected chi connectivity index (χ1v) is 8.57. The molecule has 0 saturated heterocycles. The highest BCUT2D eigenvalue weighted by atomic mass is 16.3. The lowest BCUT2D eigenvalue weighted by atomic mass is 9.48. The quantitative estimate of drug-likeness (QED) is 0.799. The number of benzene rings is 2. The molecule has 0 spiro atoms. The van der Waals surface area contributed by atoms with E-state index in [0.29, 0.717) is 5.75 Å². The Hall–Kier alpha value is -1.70. The van der Waals surface area contributed by atoms with Crippen LogP contribution in [0, 0.1) is 17.8 Å². The second-order valence-corrected chi connectivity index (χ2v) is 8.10. The molecule has 2 N–H and O–H groups in total. The van der Waals surface area contributed by atoms with Gasteiger partial charge in [-0.25, -0.2) is 0 Å². The molecule has 6 rings (SSSR count). The summed E-state index contributed by atoms with van der Waals surface area (Å²) in [4.78, 5) is 0. The normalized spacial score (nSPS) is 36.1. The Labute approximate surface area is 130 Å². The van der Waals surface area contributed by atoms with E-state index in [-0.39, 0.29) is 11.2 Å². The second kappa shape index (κ2) is 4.18. The first-order chi connectivity index (χ1) is 10.6. The second-order valence-electron chi connectivity index (χ2n) is 8.10. The lowest BCUT2D eigenvalue weighted by Gasteiger charge is -2.57. The van der Waals surface area contributed by atoms with Gasteiger partial charge >= 0.3 is 0 Å². The van der Waals surface area contributed by atoms with Crippen molar-refractivity contribution >= 4 is 10.8 Å². The van der Waals surface area contributed by atoms with Gasteiger partial charge in [0.05, 0.1) is 0 Å². The van der Waals surface area contributed by atoms with Crippen molar-refractivity contribution in [3.05, 3.63) is 35.9 Å². The smallest absolute Gasteiger partial charge is 0.119 e. The van der Waals surface area contributed by atoms with Gasteiger partial charge in [-0.2, -0.15) is 0 Å². The van der Waals surface area contributed by atoms with Crippen LogP contribution in [0.2, 0.25) is 0 Å². The first kappa shape index (κ1) is 12.8. The van der Waals surface area contributed by atoms with Gasteiger partial charge in [0.15, 0.2) is 0 Å². The predicted molar refractivity (Wildman–Crippen MR) is 87.1 cm³/mol. The van der Waals surface area contributed by atoms with Crippen molar-refractivity contribution in [2.45, 2.75) is 43.9 Å². The number of aromatic hydroxyl groups is 2. The summed E-state index contributed by atoms with van der Waals surface area (Å²) in [6.45, 7) is 0. The summed E-state index contributed by atoms with van der Waals surface area (Å²) in [6.07, 6.45) is 8.03. The summed E-state index contributed by atoms with van der Waals surface area (Å²) in [5.74, 6) is 3.32. The zero-order chi connectivity index (χ0) is 14.9. The summed E-state index contributed by atoms with van der Waals surface area (Å²) < 4.78 is 0. The van der Waals surface area contributed by atoms with Crippen LogP contribution in [0.1, 0.15) is 44.1 Å². The predicted octanol–water partition coefficient (Wildman–Crippen LogP) is 4.72. The molecule has 4 aliphatic rings. The zero-order valence-electron chi connectivity index (χ0n) is 12.8. The molecular formula is C20H22O2. The van der Waals surface area contributed by atoms with E-state index in [2.05, 4.69) is 6.07 Å². The molecule has 0 atom stereocenters. The molecule has 2 aromatic carbocycles. The molecule has 22 heavy (non-hydrogen) atoms. The van der Waals surface area contributed by atoms with E-state index in [4.69, 9.17) is 0 Å². The summed E-state index contributed by atoms with van der Waals surface area (Å²) in [6, 6.07) is 9.48. The van der Waals surface area contributed by atoms with Crippen molar-refractivity contribution in [3.8, 4) is 11.5 Å². The minimum Gasteiger partial charge on any atom is -0.508 e. The molecule has 0 amide bonds. The van der Waals surface area contributed by atoms with Crippen LogP contribution in [0.5, 0.6) is 11.5 Å². The molecule has 0 unspecified atom stereocenters. The van der Waals surface area contributed by atoms with Gasteiger partial charge in [-0.05, 0) is 96.7 Å². The number of phenols is 2. The van der Waals surface area contributed by atoms with E-state index in [0.717, 1.165) is 28.5 Å². The number of phenolic OH excluding ortho intramolecular Hbond substituents is 2. The third-order valence-electron chi connectivity index (χ3n) is 6.55. The minimum atomic E-state index is 0.213. The van der Waals surface area contributed by atoms with Gasteiger partial charge in [0.2, 0.25) is 0 Å². The largest absolute Gasteiger partial charge is 0.508 e. The Kier molecular flexibility index (Phi) is 2.44. The monoisotopic (exact) mass is 294 g/mol. The minimum absolute atomic E-state index is 0.213. The van der Waals surface area contributed by atoms with Crippen LogP contribution in [-0.4, -0.2) is 10.2 Å². The van der Waals surface area contributed by atoms with E-state index in [1.165, 1.54) is 44.1 Å². The maximum Gasteiger partial charge on any atom is 0.119 e. The SMILES string of the molecule is Oc1ccc2cc(C34CC5CC(CC(C5)C3)C4)c(O)cc2c1. The molecule has 114 valence electrons. The van der Waals surface area contributed by atoms with E-state index < -0.39 is 0 Å². The lowest BCUT2D eigenvalue weighted by Crippen LogP contribution is -2.48. The van der Waals surface area contributed by atoms with Crippen LogP contribution in [0.15, 0.2) is 30.3 Å². The van der Waals surface area contributed by atoms with E-state index in [1.54, 1.807) is 12.1 Å². The number of fused-ring (bicyclic) bond motifs is 1. The summed E-state index contributed by atoms with van der Waals surface area (Å²) >= 11 is 0. The van der Waals surface area contributed by atoms with Crippen LogP contribution in [0.3, 0.4) is 0 Å². The topological polar surface area (TPSA) is 40.5 Å². The van der Waals surface area contributed by atoms with E-state index in [1.807, 2.05) is 12.1 Å². The number of rotatable bonds is 1.